The minimum atomic E-state index is -0.0346. The van der Waals surface area contributed by atoms with E-state index in [1.165, 1.54) is 16.7 Å². The molecule has 0 unspecified atom stereocenters. The molecule has 0 saturated carbocycles. The molecule has 0 saturated heterocycles. The van der Waals surface area contributed by atoms with E-state index in [9.17, 15) is 4.79 Å². The summed E-state index contributed by atoms with van der Waals surface area (Å²) in [6, 6.07) is 20.9. The van der Waals surface area contributed by atoms with Gasteiger partial charge in [0.2, 0.25) is 0 Å². The molecular weight excluding hydrogens is 382 g/mol. The summed E-state index contributed by atoms with van der Waals surface area (Å²) in [5, 5.41) is 3.11. The van der Waals surface area contributed by atoms with Gasteiger partial charge in [0.25, 0.3) is 0 Å². The van der Waals surface area contributed by atoms with Crippen molar-refractivity contribution >= 4 is 11.7 Å². The Labute approximate surface area is 186 Å². The first kappa shape index (κ1) is 22.7. The van der Waals surface area contributed by atoms with Crippen molar-refractivity contribution in [3.63, 3.8) is 0 Å². The van der Waals surface area contributed by atoms with Crippen LogP contribution in [-0.2, 0) is 19.5 Å². The zero-order chi connectivity index (χ0) is 22.1. The third-order valence-corrected chi connectivity index (χ3v) is 5.62. The van der Waals surface area contributed by atoms with E-state index in [-0.39, 0.29) is 6.03 Å². The van der Waals surface area contributed by atoms with Crippen LogP contribution in [0.5, 0.6) is 0 Å². The van der Waals surface area contributed by atoms with Crippen molar-refractivity contribution in [3.05, 3.63) is 89.2 Å². The maximum Gasteiger partial charge on any atom is 0.322 e. The Kier molecular flexibility index (Phi) is 8.34. The standard InChI is InChI=1S/C27H35N3O/c1-4-6-7-16-30(27(31)28-25-14-9-12-23(5-2)19-25)21-26-15-10-17-29(26)20-24-13-8-11-22(3)18-24/h8-15,17-19H,4-7,16,20-21H2,1-3H3,(H,28,31). The lowest BCUT2D eigenvalue weighted by molar-refractivity contribution is 0.206. The monoisotopic (exact) mass is 417 g/mol. The Morgan fingerprint density at radius 3 is 2.55 bits per heavy atom. The Bertz CT molecular complexity index is 976. The molecule has 1 aromatic heterocycles. The van der Waals surface area contributed by atoms with E-state index in [1.807, 2.05) is 17.0 Å². The van der Waals surface area contributed by atoms with E-state index in [1.54, 1.807) is 0 Å². The molecule has 1 heterocycles. The Hall–Kier alpha value is -3.01. The normalized spacial score (nSPS) is 10.8. The summed E-state index contributed by atoms with van der Waals surface area (Å²) in [6.45, 7) is 8.60. The van der Waals surface area contributed by atoms with Crippen molar-refractivity contribution in [1.29, 1.82) is 0 Å². The summed E-state index contributed by atoms with van der Waals surface area (Å²) in [5.41, 5.74) is 5.77. The van der Waals surface area contributed by atoms with E-state index in [4.69, 9.17) is 0 Å². The van der Waals surface area contributed by atoms with Crippen LogP contribution in [0.2, 0.25) is 0 Å². The van der Waals surface area contributed by atoms with Gasteiger partial charge in [-0.2, -0.15) is 0 Å². The van der Waals surface area contributed by atoms with Crippen molar-refractivity contribution in [2.45, 2.75) is 59.5 Å². The number of aromatic nitrogens is 1. The molecule has 0 aliphatic carbocycles. The molecular formula is C27H35N3O. The highest BCUT2D eigenvalue weighted by molar-refractivity contribution is 5.89. The van der Waals surface area contributed by atoms with Gasteiger partial charge >= 0.3 is 6.03 Å². The lowest BCUT2D eigenvalue weighted by atomic mass is 10.1. The quantitative estimate of drug-likeness (QED) is 0.369. The van der Waals surface area contributed by atoms with E-state index in [0.29, 0.717) is 6.54 Å². The fraction of sp³-hybridized carbons (Fsp3) is 0.370. The van der Waals surface area contributed by atoms with Crippen LogP contribution in [0.15, 0.2) is 66.9 Å². The number of amides is 2. The topological polar surface area (TPSA) is 37.3 Å². The Balaban J connectivity index is 1.73. The van der Waals surface area contributed by atoms with Crippen molar-refractivity contribution in [1.82, 2.24) is 9.47 Å². The van der Waals surface area contributed by atoms with Crippen molar-refractivity contribution < 1.29 is 4.79 Å². The van der Waals surface area contributed by atoms with Gasteiger partial charge in [-0.1, -0.05) is 68.7 Å². The average Bonchev–Trinajstić information content (AvgIpc) is 3.19. The molecule has 31 heavy (non-hydrogen) atoms. The molecule has 164 valence electrons. The molecule has 0 aliphatic rings. The molecule has 3 rings (SSSR count). The van der Waals surface area contributed by atoms with Crippen LogP contribution >= 0.6 is 0 Å². The van der Waals surface area contributed by atoms with E-state index in [0.717, 1.165) is 50.2 Å². The van der Waals surface area contributed by atoms with E-state index in [2.05, 4.69) is 85.4 Å². The molecule has 1 N–H and O–H groups in total. The zero-order valence-electron chi connectivity index (χ0n) is 19.1. The maximum absolute atomic E-state index is 13.2. The molecule has 4 heteroatoms. The number of benzene rings is 2. The fourth-order valence-corrected chi connectivity index (χ4v) is 3.83. The van der Waals surface area contributed by atoms with Gasteiger partial charge in [0.1, 0.15) is 0 Å². The number of hydrogen-bond acceptors (Lipinski definition) is 1. The minimum Gasteiger partial charge on any atom is -0.345 e. The van der Waals surface area contributed by atoms with Crippen LogP contribution in [0.3, 0.4) is 0 Å². The first-order chi connectivity index (χ1) is 15.1. The van der Waals surface area contributed by atoms with Crippen LogP contribution in [-0.4, -0.2) is 22.0 Å². The number of nitrogens with zero attached hydrogens (tertiary/aromatic N) is 2. The van der Waals surface area contributed by atoms with Crippen LogP contribution in [0.4, 0.5) is 10.5 Å². The summed E-state index contributed by atoms with van der Waals surface area (Å²) >= 11 is 0. The lowest BCUT2D eigenvalue weighted by Gasteiger charge is -2.24. The third-order valence-electron chi connectivity index (χ3n) is 5.62. The second-order valence-corrected chi connectivity index (χ2v) is 8.23. The van der Waals surface area contributed by atoms with Gasteiger partial charge in [-0.05, 0) is 55.2 Å². The SMILES string of the molecule is CCCCCN(Cc1cccn1Cc1cccc(C)c1)C(=O)Nc1cccc(CC)c1. The summed E-state index contributed by atoms with van der Waals surface area (Å²) < 4.78 is 2.24. The first-order valence-electron chi connectivity index (χ1n) is 11.4. The van der Waals surface area contributed by atoms with Gasteiger partial charge in [0.05, 0.1) is 6.54 Å². The molecule has 2 amide bonds. The summed E-state index contributed by atoms with van der Waals surface area (Å²) in [7, 11) is 0. The summed E-state index contributed by atoms with van der Waals surface area (Å²) in [5.74, 6) is 0. The number of carbonyl (C=O) groups is 1. The van der Waals surface area contributed by atoms with E-state index >= 15 is 0 Å². The summed E-state index contributed by atoms with van der Waals surface area (Å²) in [6.07, 6.45) is 6.33. The summed E-state index contributed by atoms with van der Waals surface area (Å²) in [4.78, 5) is 15.1. The number of nitrogens with one attached hydrogen (secondary N) is 1. The van der Waals surface area contributed by atoms with Crippen molar-refractivity contribution in [2.24, 2.45) is 0 Å². The van der Waals surface area contributed by atoms with Gasteiger partial charge < -0.3 is 14.8 Å². The number of carbonyl (C=O) groups excluding carboxylic acids is 1. The lowest BCUT2D eigenvalue weighted by Crippen LogP contribution is -2.36. The zero-order valence-corrected chi connectivity index (χ0v) is 19.1. The Morgan fingerprint density at radius 2 is 1.77 bits per heavy atom. The Morgan fingerprint density at radius 1 is 0.968 bits per heavy atom. The third kappa shape index (κ3) is 6.74. The first-order valence-corrected chi connectivity index (χ1v) is 11.4. The van der Waals surface area contributed by atoms with Crippen LogP contribution < -0.4 is 5.32 Å². The molecule has 0 bridgehead atoms. The van der Waals surface area contributed by atoms with Crippen LogP contribution in [0.1, 0.15) is 55.5 Å². The number of hydrogen-bond donors (Lipinski definition) is 1. The smallest absolute Gasteiger partial charge is 0.322 e. The number of aryl methyl sites for hydroxylation is 2. The van der Waals surface area contributed by atoms with Crippen molar-refractivity contribution in [2.75, 3.05) is 11.9 Å². The highest BCUT2D eigenvalue weighted by Crippen LogP contribution is 2.16. The molecule has 0 spiro atoms. The number of rotatable bonds is 10. The van der Waals surface area contributed by atoms with Gasteiger partial charge in [0, 0.05) is 30.7 Å². The van der Waals surface area contributed by atoms with Crippen LogP contribution in [0, 0.1) is 6.92 Å². The molecule has 0 atom stereocenters. The number of unbranched alkanes of at least 4 members (excludes halogenated alkanes) is 2. The maximum atomic E-state index is 13.2. The van der Waals surface area contributed by atoms with Gasteiger partial charge in [-0.15, -0.1) is 0 Å². The molecule has 2 aromatic carbocycles. The second-order valence-electron chi connectivity index (χ2n) is 8.23. The fourth-order valence-electron chi connectivity index (χ4n) is 3.83. The predicted molar refractivity (Wildman–Crippen MR) is 129 cm³/mol. The van der Waals surface area contributed by atoms with Gasteiger partial charge in [0.15, 0.2) is 0 Å². The molecule has 0 radical (unpaired) electrons. The minimum absolute atomic E-state index is 0.0346. The number of urea groups is 1. The largest absolute Gasteiger partial charge is 0.345 e. The predicted octanol–water partition coefficient (Wildman–Crippen LogP) is 6.63. The number of anilines is 1. The molecule has 3 aromatic rings. The van der Waals surface area contributed by atoms with Gasteiger partial charge in [-0.3, -0.25) is 0 Å². The molecule has 0 aliphatic heterocycles. The highest BCUT2D eigenvalue weighted by Gasteiger charge is 2.16. The highest BCUT2D eigenvalue weighted by atomic mass is 16.2. The van der Waals surface area contributed by atoms with Crippen LogP contribution in [0.25, 0.3) is 0 Å². The van der Waals surface area contributed by atoms with E-state index < -0.39 is 0 Å². The molecule has 0 fully saturated rings. The second kappa shape index (κ2) is 11.4. The average molecular weight is 418 g/mol. The molecule has 4 nitrogen and oxygen atoms in total. The van der Waals surface area contributed by atoms with Crippen molar-refractivity contribution in [3.8, 4) is 0 Å². The van der Waals surface area contributed by atoms with Gasteiger partial charge in [-0.25, -0.2) is 4.79 Å².